The van der Waals surface area contributed by atoms with E-state index >= 15 is 0 Å². The Balaban J connectivity index is 1.30. The van der Waals surface area contributed by atoms with Crippen molar-refractivity contribution in [3.05, 3.63) is 96.2 Å². The monoisotopic (exact) mass is 469 g/mol. The lowest BCUT2D eigenvalue weighted by Crippen LogP contribution is -2.35. The summed E-state index contributed by atoms with van der Waals surface area (Å²) in [6.07, 6.45) is 0.622. The van der Waals surface area contributed by atoms with Gasteiger partial charge in [0.1, 0.15) is 11.3 Å². The number of esters is 1. The van der Waals surface area contributed by atoms with E-state index < -0.39 is 18.0 Å². The normalized spacial score (nSPS) is 12.7. The third kappa shape index (κ3) is 4.86. The van der Waals surface area contributed by atoms with Crippen LogP contribution < -0.4 is 14.8 Å². The molecule has 1 N–H and O–H groups in total. The minimum absolute atomic E-state index is 0.184. The molecule has 5 rings (SSSR count). The number of amides is 1. The molecule has 1 amide bonds. The van der Waals surface area contributed by atoms with Gasteiger partial charge < -0.3 is 19.5 Å². The zero-order valence-corrected chi connectivity index (χ0v) is 19.0. The maximum absolute atomic E-state index is 13.1. The Labute approximate surface area is 202 Å². The first-order valence-electron chi connectivity index (χ1n) is 11.2. The molecule has 2 heterocycles. The molecule has 35 heavy (non-hydrogen) atoms. The number of hydrogen-bond acceptors (Lipinski definition) is 6. The van der Waals surface area contributed by atoms with Crippen molar-refractivity contribution in [2.75, 3.05) is 6.79 Å². The maximum atomic E-state index is 13.1. The van der Waals surface area contributed by atoms with Gasteiger partial charge in [-0.05, 0) is 36.8 Å². The summed E-state index contributed by atoms with van der Waals surface area (Å²) < 4.78 is 17.8. The largest absolute Gasteiger partial charge is 0.454 e. The van der Waals surface area contributed by atoms with Crippen molar-refractivity contribution >= 4 is 11.9 Å². The van der Waals surface area contributed by atoms with Crippen LogP contribution in [0.3, 0.4) is 0 Å². The fourth-order valence-corrected chi connectivity index (χ4v) is 3.71. The molecule has 0 unspecified atom stereocenters. The third-order valence-corrected chi connectivity index (χ3v) is 5.56. The van der Waals surface area contributed by atoms with Gasteiger partial charge in [-0.2, -0.15) is 5.10 Å². The maximum Gasteiger partial charge on any atom is 0.342 e. The van der Waals surface area contributed by atoms with E-state index in [2.05, 4.69) is 10.4 Å². The first-order chi connectivity index (χ1) is 17.1. The number of para-hydroxylation sites is 1. The van der Waals surface area contributed by atoms with Crippen molar-refractivity contribution in [3.63, 3.8) is 0 Å². The number of hydrogen-bond donors (Lipinski definition) is 1. The van der Waals surface area contributed by atoms with E-state index in [1.54, 1.807) is 16.9 Å². The summed E-state index contributed by atoms with van der Waals surface area (Å²) in [6.45, 7) is 1.99. The van der Waals surface area contributed by atoms with Crippen molar-refractivity contribution in [3.8, 4) is 28.4 Å². The Kier molecular flexibility index (Phi) is 6.17. The number of nitrogens with zero attached hydrogens (tertiary/aromatic N) is 2. The molecule has 0 aliphatic carbocycles. The number of carbonyl (C=O) groups is 2. The smallest absolute Gasteiger partial charge is 0.342 e. The van der Waals surface area contributed by atoms with Crippen LogP contribution in [-0.2, 0) is 16.1 Å². The molecule has 0 saturated carbocycles. The van der Waals surface area contributed by atoms with E-state index in [-0.39, 0.29) is 18.9 Å². The number of aromatic nitrogens is 2. The van der Waals surface area contributed by atoms with E-state index in [9.17, 15) is 9.59 Å². The second kappa shape index (κ2) is 9.72. The van der Waals surface area contributed by atoms with Gasteiger partial charge in [-0.1, -0.05) is 54.6 Å². The highest BCUT2D eigenvalue weighted by atomic mass is 16.7. The lowest BCUT2D eigenvalue weighted by molar-refractivity contribution is -0.129. The van der Waals surface area contributed by atoms with Crippen molar-refractivity contribution in [2.45, 2.75) is 19.6 Å². The van der Waals surface area contributed by atoms with Crippen LogP contribution in [0.25, 0.3) is 16.9 Å². The standard InChI is InChI=1S/C27H23N3O5/c1-18(26(31)28-15-19-12-13-23-24(14-19)34-17-33-23)35-27(32)22-16-30(21-10-6-3-7-11-21)29-25(22)20-8-4-2-5-9-20/h2-14,16,18H,15,17H2,1H3,(H,28,31)/t18-/m1/s1. The first kappa shape index (κ1) is 22.2. The molecule has 8 nitrogen and oxygen atoms in total. The number of benzene rings is 3. The van der Waals surface area contributed by atoms with Gasteiger partial charge in [0.05, 0.1) is 5.69 Å². The molecule has 1 atom stereocenters. The summed E-state index contributed by atoms with van der Waals surface area (Å²) in [4.78, 5) is 25.7. The lowest BCUT2D eigenvalue weighted by atomic mass is 10.1. The second-order valence-corrected chi connectivity index (χ2v) is 7.99. The van der Waals surface area contributed by atoms with E-state index in [4.69, 9.17) is 14.2 Å². The van der Waals surface area contributed by atoms with Crippen LogP contribution in [-0.4, -0.2) is 34.6 Å². The summed E-state index contributed by atoms with van der Waals surface area (Å²) in [5, 5.41) is 7.41. The second-order valence-electron chi connectivity index (χ2n) is 7.99. The number of nitrogens with one attached hydrogen (secondary N) is 1. The summed E-state index contributed by atoms with van der Waals surface area (Å²) >= 11 is 0. The molecule has 0 radical (unpaired) electrons. The SMILES string of the molecule is C[C@@H](OC(=O)c1cn(-c2ccccc2)nc1-c1ccccc1)C(=O)NCc1ccc2c(c1)OCO2. The molecule has 1 aromatic heterocycles. The van der Waals surface area contributed by atoms with Gasteiger partial charge in [0.2, 0.25) is 6.79 Å². The van der Waals surface area contributed by atoms with Crippen molar-refractivity contribution < 1.29 is 23.8 Å². The highest BCUT2D eigenvalue weighted by Gasteiger charge is 2.24. The highest BCUT2D eigenvalue weighted by molar-refractivity contribution is 5.97. The minimum atomic E-state index is -1.000. The molecule has 1 aliphatic rings. The van der Waals surface area contributed by atoms with Crippen LogP contribution in [0.2, 0.25) is 0 Å². The summed E-state index contributed by atoms with van der Waals surface area (Å²) in [6, 6.07) is 24.3. The Bertz CT molecular complexity index is 1350. The summed E-state index contributed by atoms with van der Waals surface area (Å²) in [5.74, 6) is 0.275. The van der Waals surface area contributed by atoms with Gasteiger partial charge >= 0.3 is 5.97 Å². The van der Waals surface area contributed by atoms with E-state index in [0.717, 1.165) is 16.8 Å². The Morgan fingerprint density at radius 3 is 2.49 bits per heavy atom. The zero-order chi connectivity index (χ0) is 24.2. The van der Waals surface area contributed by atoms with Gasteiger partial charge in [0.25, 0.3) is 5.91 Å². The fourth-order valence-electron chi connectivity index (χ4n) is 3.71. The predicted molar refractivity (Wildman–Crippen MR) is 128 cm³/mol. The Hall–Kier alpha value is -4.59. The van der Waals surface area contributed by atoms with Crippen LogP contribution in [0.15, 0.2) is 85.1 Å². The molecular weight excluding hydrogens is 446 g/mol. The highest BCUT2D eigenvalue weighted by Crippen LogP contribution is 2.32. The zero-order valence-electron chi connectivity index (χ0n) is 19.0. The first-order valence-corrected chi connectivity index (χ1v) is 11.2. The molecule has 0 fully saturated rings. The number of carbonyl (C=O) groups excluding carboxylic acids is 2. The van der Waals surface area contributed by atoms with E-state index in [1.807, 2.05) is 72.8 Å². The number of fused-ring (bicyclic) bond motifs is 1. The molecular formula is C27H23N3O5. The topological polar surface area (TPSA) is 91.7 Å². The van der Waals surface area contributed by atoms with Crippen LogP contribution >= 0.6 is 0 Å². The molecule has 3 aromatic carbocycles. The van der Waals surface area contributed by atoms with E-state index in [1.165, 1.54) is 6.92 Å². The number of rotatable bonds is 7. The molecule has 1 aliphatic heterocycles. The van der Waals surface area contributed by atoms with Crippen LogP contribution in [0.4, 0.5) is 0 Å². The van der Waals surface area contributed by atoms with Crippen molar-refractivity contribution in [1.29, 1.82) is 0 Å². The summed E-state index contributed by atoms with van der Waals surface area (Å²) in [7, 11) is 0. The summed E-state index contributed by atoms with van der Waals surface area (Å²) in [5.41, 5.74) is 3.17. The molecule has 0 saturated heterocycles. The van der Waals surface area contributed by atoms with Crippen molar-refractivity contribution in [1.82, 2.24) is 15.1 Å². The molecule has 176 valence electrons. The quantitative estimate of drug-likeness (QED) is 0.409. The van der Waals surface area contributed by atoms with Gasteiger partial charge in [-0.15, -0.1) is 0 Å². The number of ether oxygens (including phenoxy) is 3. The van der Waals surface area contributed by atoms with Crippen LogP contribution in [0.1, 0.15) is 22.8 Å². The average molecular weight is 469 g/mol. The van der Waals surface area contributed by atoms with Crippen molar-refractivity contribution in [2.24, 2.45) is 0 Å². The third-order valence-electron chi connectivity index (χ3n) is 5.56. The average Bonchev–Trinajstić information content (AvgIpc) is 3.55. The Morgan fingerprint density at radius 2 is 1.71 bits per heavy atom. The fraction of sp³-hybridized carbons (Fsp3) is 0.148. The van der Waals surface area contributed by atoms with E-state index in [0.29, 0.717) is 17.2 Å². The van der Waals surface area contributed by atoms with Gasteiger partial charge in [-0.25, -0.2) is 9.48 Å². The van der Waals surface area contributed by atoms with Gasteiger partial charge in [0, 0.05) is 18.3 Å². The molecule has 0 bridgehead atoms. The van der Waals surface area contributed by atoms with Gasteiger partial charge in [0.15, 0.2) is 17.6 Å². The molecule has 8 heteroatoms. The minimum Gasteiger partial charge on any atom is -0.454 e. The molecule has 0 spiro atoms. The van der Waals surface area contributed by atoms with Crippen LogP contribution in [0.5, 0.6) is 11.5 Å². The van der Waals surface area contributed by atoms with Crippen LogP contribution in [0, 0.1) is 0 Å². The molecule has 4 aromatic rings. The lowest BCUT2D eigenvalue weighted by Gasteiger charge is -2.13. The van der Waals surface area contributed by atoms with Gasteiger partial charge in [-0.3, -0.25) is 4.79 Å². The Morgan fingerprint density at radius 1 is 1.00 bits per heavy atom. The predicted octanol–water partition coefficient (Wildman–Crippen LogP) is 4.13.